The number of anilines is 1. The van der Waals surface area contributed by atoms with Gasteiger partial charge in [-0.15, -0.1) is 0 Å². The van der Waals surface area contributed by atoms with Crippen molar-refractivity contribution < 1.29 is 41.4 Å². The number of alkyl halides is 3. The van der Waals surface area contributed by atoms with Gasteiger partial charge in [0.1, 0.15) is 29.2 Å². The van der Waals surface area contributed by atoms with Gasteiger partial charge in [0.2, 0.25) is 0 Å². The van der Waals surface area contributed by atoms with Gasteiger partial charge >= 0.3 is 6.18 Å². The number of halogens is 5. The Balaban J connectivity index is 2.59. The third kappa shape index (κ3) is 5.40. The monoisotopic (exact) mass is 454 g/mol. The van der Waals surface area contributed by atoms with Gasteiger partial charge in [0, 0.05) is 6.07 Å². The summed E-state index contributed by atoms with van der Waals surface area (Å²) in [5, 5.41) is 20.1. The molecule has 0 unspecified atom stereocenters. The highest BCUT2D eigenvalue weighted by Crippen LogP contribution is 2.33. The van der Waals surface area contributed by atoms with Crippen molar-refractivity contribution in [3.8, 4) is 11.8 Å². The average Bonchev–Trinajstić information content (AvgIpc) is 2.69. The second kappa shape index (κ2) is 9.47. The maximum Gasteiger partial charge on any atom is 0.425 e. The fourth-order valence-corrected chi connectivity index (χ4v) is 2.45. The number of aliphatic hydroxyl groups is 1. The van der Waals surface area contributed by atoms with Crippen molar-refractivity contribution >= 4 is 17.4 Å². The first-order valence-electron chi connectivity index (χ1n) is 8.84. The predicted molar refractivity (Wildman–Crippen MR) is 102 cm³/mol. The molecular formula is C21H15F5N2O4. The van der Waals surface area contributed by atoms with Crippen LogP contribution in [0.5, 0.6) is 5.75 Å². The standard InChI is InChI=1S/C21H15F5N2O4/c1-10(29)14(9-27)20(31)28-17-8-18(32-11(2)21(24,25)26)13(7-16(17)23)19(30)12-5-3-4-6-15(12)22/h3-8,11,29H,1-2H3,(H,28,31)/b14-10-/t11-/m0/s1. The summed E-state index contributed by atoms with van der Waals surface area (Å²) < 4.78 is 72.4. The molecule has 168 valence electrons. The quantitative estimate of drug-likeness (QED) is 0.214. The summed E-state index contributed by atoms with van der Waals surface area (Å²) in [6, 6.07) is 7.02. The summed E-state index contributed by atoms with van der Waals surface area (Å²) in [6.07, 6.45) is -7.31. The molecule has 2 N–H and O–H groups in total. The third-order valence-electron chi connectivity index (χ3n) is 4.15. The Bertz CT molecular complexity index is 1130. The Kier molecular flexibility index (Phi) is 7.20. The van der Waals surface area contributed by atoms with Crippen LogP contribution in [0, 0.1) is 23.0 Å². The van der Waals surface area contributed by atoms with Gasteiger partial charge in [-0.3, -0.25) is 9.59 Å². The van der Waals surface area contributed by atoms with Gasteiger partial charge in [-0.2, -0.15) is 18.4 Å². The number of carbonyl (C=O) groups excluding carboxylic acids is 2. The molecule has 2 aromatic carbocycles. The maximum absolute atomic E-state index is 14.6. The zero-order valence-corrected chi connectivity index (χ0v) is 16.6. The van der Waals surface area contributed by atoms with E-state index in [0.29, 0.717) is 19.1 Å². The van der Waals surface area contributed by atoms with Crippen LogP contribution in [0.3, 0.4) is 0 Å². The molecule has 0 aliphatic heterocycles. The lowest BCUT2D eigenvalue weighted by molar-refractivity contribution is -0.189. The number of carbonyl (C=O) groups is 2. The summed E-state index contributed by atoms with van der Waals surface area (Å²) in [5.41, 5.74) is -2.78. The van der Waals surface area contributed by atoms with Gasteiger partial charge in [-0.1, -0.05) is 12.1 Å². The molecule has 0 saturated heterocycles. The van der Waals surface area contributed by atoms with E-state index >= 15 is 0 Å². The molecule has 32 heavy (non-hydrogen) atoms. The lowest BCUT2D eigenvalue weighted by Crippen LogP contribution is -2.31. The summed E-state index contributed by atoms with van der Waals surface area (Å²) >= 11 is 0. The zero-order chi connectivity index (χ0) is 24.2. The van der Waals surface area contributed by atoms with Crippen molar-refractivity contribution in [2.45, 2.75) is 26.1 Å². The molecule has 0 heterocycles. The van der Waals surface area contributed by atoms with Gasteiger partial charge in [-0.05, 0) is 32.0 Å². The highest BCUT2D eigenvalue weighted by Gasteiger charge is 2.39. The number of allylic oxidation sites excluding steroid dienone is 1. The Morgan fingerprint density at radius 1 is 1.12 bits per heavy atom. The van der Waals surface area contributed by atoms with Gasteiger partial charge in [-0.25, -0.2) is 8.78 Å². The van der Waals surface area contributed by atoms with Gasteiger partial charge in [0.05, 0.1) is 16.8 Å². The molecule has 0 radical (unpaired) electrons. The minimum Gasteiger partial charge on any atom is -0.511 e. The summed E-state index contributed by atoms with van der Waals surface area (Å²) in [7, 11) is 0. The molecule has 2 rings (SSSR count). The topological polar surface area (TPSA) is 99.4 Å². The first-order valence-corrected chi connectivity index (χ1v) is 8.84. The number of ketones is 1. The summed E-state index contributed by atoms with van der Waals surface area (Å²) in [5.74, 6) is -6.16. The molecule has 0 spiro atoms. The molecular weight excluding hydrogens is 439 g/mol. The number of nitrogens with one attached hydrogen (secondary N) is 1. The molecule has 0 bridgehead atoms. The van der Waals surface area contributed by atoms with Crippen molar-refractivity contribution in [1.29, 1.82) is 5.26 Å². The molecule has 0 aliphatic rings. The molecule has 11 heteroatoms. The second-order valence-electron chi connectivity index (χ2n) is 6.47. The van der Waals surface area contributed by atoms with E-state index in [0.717, 1.165) is 19.1 Å². The van der Waals surface area contributed by atoms with E-state index in [1.54, 1.807) is 0 Å². The van der Waals surface area contributed by atoms with Crippen LogP contribution in [0.2, 0.25) is 0 Å². The number of hydrogen-bond acceptors (Lipinski definition) is 5. The lowest BCUT2D eigenvalue weighted by Gasteiger charge is -2.20. The minimum absolute atomic E-state index is 0.477. The Hall–Kier alpha value is -3.94. The van der Waals surface area contributed by atoms with Crippen LogP contribution in [0.25, 0.3) is 0 Å². The van der Waals surface area contributed by atoms with Crippen LogP contribution >= 0.6 is 0 Å². The van der Waals surface area contributed by atoms with E-state index in [2.05, 4.69) is 0 Å². The Labute approximate surface area is 178 Å². The normalized spacial score (nSPS) is 12.9. The van der Waals surface area contributed by atoms with Gasteiger partial charge in [0.15, 0.2) is 17.5 Å². The van der Waals surface area contributed by atoms with E-state index in [9.17, 15) is 36.6 Å². The van der Waals surface area contributed by atoms with Crippen LogP contribution in [0.4, 0.5) is 27.6 Å². The highest BCUT2D eigenvalue weighted by atomic mass is 19.4. The van der Waals surface area contributed by atoms with Crippen molar-refractivity contribution in [3.05, 3.63) is 70.5 Å². The van der Waals surface area contributed by atoms with Crippen LogP contribution in [-0.2, 0) is 4.79 Å². The molecule has 1 amide bonds. The average molecular weight is 454 g/mol. The predicted octanol–water partition coefficient (Wildman–Crippen LogP) is 4.82. The minimum atomic E-state index is -4.86. The fourth-order valence-electron chi connectivity index (χ4n) is 2.45. The first kappa shape index (κ1) is 24.3. The number of nitrogens with zero attached hydrogens (tertiary/aromatic N) is 1. The second-order valence-corrected chi connectivity index (χ2v) is 6.47. The fraction of sp³-hybridized carbons (Fsp3) is 0.190. The summed E-state index contributed by atoms with van der Waals surface area (Å²) in [4.78, 5) is 24.8. The number of rotatable bonds is 6. The van der Waals surface area contributed by atoms with Crippen molar-refractivity contribution in [3.63, 3.8) is 0 Å². The van der Waals surface area contributed by atoms with E-state index < -0.39 is 69.5 Å². The largest absolute Gasteiger partial charge is 0.511 e. The number of nitriles is 1. The van der Waals surface area contributed by atoms with Gasteiger partial charge in [0.25, 0.3) is 5.91 Å². The maximum atomic E-state index is 14.6. The van der Waals surface area contributed by atoms with Crippen molar-refractivity contribution in [1.82, 2.24) is 0 Å². The van der Waals surface area contributed by atoms with E-state index in [1.807, 2.05) is 5.32 Å². The zero-order valence-electron chi connectivity index (χ0n) is 16.6. The van der Waals surface area contributed by atoms with Crippen LogP contribution in [-0.4, -0.2) is 29.1 Å². The van der Waals surface area contributed by atoms with E-state index in [1.165, 1.54) is 18.2 Å². The molecule has 2 aromatic rings. The Morgan fingerprint density at radius 2 is 1.75 bits per heavy atom. The molecule has 0 aromatic heterocycles. The van der Waals surface area contributed by atoms with Crippen LogP contribution < -0.4 is 10.1 Å². The van der Waals surface area contributed by atoms with Crippen LogP contribution in [0.15, 0.2) is 47.7 Å². The Morgan fingerprint density at radius 3 is 2.28 bits per heavy atom. The first-order chi connectivity index (χ1) is 14.9. The van der Waals surface area contributed by atoms with Crippen molar-refractivity contribution in [2.24, 2.45) is 0 Å². The molecule has 1 atom stereocenters. The lowest BCUT2D eigenvalue weighted by atomic mass is 10.0. The summed E-state index contributed by atoms with van der Waals surface area (Å²) in [6.45, 7) is 1.65. The number of hydrogen-bond donors (Lipinski definition) is 2. The molecule has 0 aliphatic carbocycles. The number of ether oxygens (including phenoxy) is 1. The van der Waals surface area contributed by atoms with Crippen LogP contribution in [0.1, 0.15) is 29.8 Å². The molecule has 0 saturated carbocycles. The SMILES string of the molecule is C/C(O)=C(\C#N)C(=O)Nc1cc(O[C@@H](C)C(F)(F)F)c(C(=O)c2ccccc2F)cc1F. The van der Waals surface area contributed by atoms with E-state index in [-0.39, 0.29) is 0 Å². The molecule has 0 fully saturated rings. The number of aliphatic hydroxyl groups excluding tert-OH is 1. The van der Waals surface area contributed by atoms with E-state index in [4.69, 9.17) is 10.00 Å². The third-order valence-corrected chi connectivity index (χ3v) is 4.15. The molecule has 6 nitrogen and oxygen atoms in total. The highest BCUT2D eigenvalue weighted by molar-refractivity contribution is 6.12. The van der Waals surface area contributed by atoms with Crippen molar-refractivity contribution in [2.75, 3.05) is 5.32 Å². The number of benzene rings is 2. The number of amides is 1. The van der Waals surface area contributed by atoms with Gasteiger partial charge < -0.3 is 15.2 Å². The smallest absolute Gasteiger partial charge is 0.425 e.